The predicted octanol–water partition coefficient (Wildman–Crippen LogP) is 6.36. The van der Waals surface area contributed by atoms with E-state index in [1.165, 1.54) is 16.7 Å². The van der Waals surface area contributed by atoms with Crippen molar-refractivity contribution in [3.8, 4) is 0 Å². The molecule has 1 saturated heterocycles. The Morgan fingerprint density at radius 3 is 1.71 bits per heavy atom. The van der Waals surface area contributed by atoms with E-state index in [0.29, 0.717) is 6.54 Å². The van der Waals surface area contributed by atoms with Gasteiger partial charge in [-0.15, -0.1) is 0 Å². The fraction of sp³-hybridized carbons (Fsp3) is 0.367. The molecule has 0 aromatic heterocycles. The largest absolute Gasteiger partial charge is 0.444 e. The van der Waals surface area contributed by atoms with Crippen LogP contribution in [0.25, 0.3) is 0 Å². The fourth-order valence-corrected chi connectivity index (χ4v) is 4.87. The maximum absolute atomic E-state index is 13.0. The van der Waals surface area contributed by atoms with E-state index in [0.717, 1.165) is 25.8 Å². The highest BCUT2D eigenvalue weighted by atomic mass is 16.6. The summed E-state index contributed by atoms with van der Waals surface area (Å²) in [4.78, 5) is 14.8. The van der Waals surface area contributed by atoms with E-state index in [-0.39, 0.29) is 12.1 Å². The Kier molecular flexibility index (Phi) is 7.38. The summed E-state index contributed by atoms with van der Waals surface area (Å²) in [5.41, 5.74) is 2.49. The first-order valence-corrected chi connectivity index (χ1v) is 12.3. The Labute approximate surface area is 204 Å². The molecule has 4 rings (SSSR count). The normalized spacial score (nSPS) is 17.1. The van der Waals surface area contributed by atoms with Gasteiger partial charge in [0.05, 0.1) is 5.54 Å². The van der Waals surface area contributed by atoms with Gasteiger partial charge in [-0.25, -0.2) is 4.79 Å². The summed E-state index contributed by atoms with van der Waals surface area (Å²) < 4.78 is 5.72. The molecule has 3 aromatic rings. The number of amides is 1. The third-order valence-electron chi connectivity index (χ3n) is 6.36. The molecule has 1 aliphatic heterocycles. The average Bonchev–Trinajstić information content (AvgIpc) is 3.09. The van der Waals surface area contributed by atoms with E-state index in [1.807, 2.05) is 25.7 Å². The van der Waals surface area contributed by atoms with Gasteiger partial charge in [-0.1, -0.05) is 97.4 Å². The molecule has 1 atom stereocenters. The number of carbonyl (C=O) groups is 1. The number of rotatable bonds is 5. The maximum atomic E-state index is 13.0. The highest BCUT2D eigenvalue weighted by Crippen LogP contribution is 2.38. The zero-order chi connectivity index (χ0) is 24.0. The molecule has 0 radical (unpaired) electrons. The lowest BCUT2D eigenvalue weighted by Crippen LogP contribution is -2.53. The van der Waals surface area contributed by atoms with Crippen molar-refractivity contribution >= 4 is 6.09 Å². The quantitative estimate of drug-likeness (QED) is 0.454. The van der Waals surface area contributed by atoms with Crippen LogP contribution in [0.15, 0.2) is 91.0 Å². The Morgan fingerprint density at radius 1 is 0.794 bits per heavy atom. The van der Waals surface area contributed by atoms with Crippen LogP contribution in [0.3, 0.4) is 0 Å². The van der Waals surface area contributed by atoms with Gasteiger partial charge in [0.25, 0.3) is 0 Å². The summed E-state index contributed by atoms with van der Waals surface area (Å²) in [5, 5.41) is 4.06. The van der Waals surface area contributed by atoms with Crippen molar-refractivity contribution in [2.24, 2.45) is 0 Å². The van der Waals surface area contributed by atoms with Crippen molar-refractivity contribution in [1.82, 2.24) is 10.2 Å². The fourth-order valence-electron chi connectivity index (χ4n) is 4.87. The van der Waals surface area contributed by atoms with Crippen LogP contribution in [0.2, 0.25) is 0 Å². The summed E-state index contributed by atoms with van der Waals surface area (Å²) >= 11 is 0. The summed E-state index contributed by atoms with van der Waals surface area (Å²) in [6.45, 7) is 7.10. The third-order valence-corrected chi connectivity index (χ3v) is 6.36. The molecule has 178 valence electrons. The van der Waals surface area contributed by atoms with Gasteiger partial charge >= 0.3 is 6.09 Å². The summed E-state index contributed by atoms with van der Waals surface area (Å²) in [6.07, 6.45) is 2.80. The van der Waals surface area contributed by atoms with E-state index in [2.05, 4.69) is 96.3 Å². The van der Waals surface area contributed by atoms with Gasteiger partial charge in [-0.3, -0.25) is 5.32 Å². The Bertz CT molecular complexity index is 949. The first-order valence-electron chi connectivity index (χ1n) is 12.3. The molecule has 1 amide bonds. The Balaban J connectivity index is 1.76. The smallest absolute Gasteiger partial charge is 0.410 e. The van der Waals surface area contributed by atoms with Gasteiger partial charge in [0, 0.05) is 19.1 Å². The second-order valence-electron chi connectivity index (χ2n) is 10.1. The van der Waals surface area contributed by atoms with Crippen LogP contribution in [-0.2, 0) is 10.3 Å². The number of likely N-dealkylation sites (tertiary alicyclic amines) is 1. The molecule has 4 nitrogen and oxygen atoms in total. The molecule has 34 heavy (non-hydrogen) atoms. The van der Waals surface area contributed by atoms with Crippen LogP contribution >= 0.6 is 0 Å². The molecule has 0 unspecified atom stereocenters. The molecule has 1 heterocycles. The number of carbonyl (C=O) groups excluding carboxylic acids is 1. The van der Waals surface area contributed by atoms with Crippen molar-refractivity contribution in [1.29, 1.82) is 0 Å². The standard InChI is InChI=1S/C30H36N2O2/c1-29(2,3)34-28(33)32-22-14-13-21-27(23-32)31-30(24-15-7-4-8-16-24,25-17-9-5-10-18-25)26-19-11-6-12-20-26/h4-12,15-20,27,31H,13-14,21-23H2,1-3H3/t27-/m0/s1. The molecule has 0 saturated carbocycles. The monoisotopic (exact) mass is 456 g/mol. The van der Waals surface area contributed by atoms with Crippen LogP contribution < -0.4 is 5.32 Å². The molecule has 1 N–H and O–H groups in total. The SMILES string of the molecule is CC(C)(C)OC(=O)N1CCCC[C@H](NC(c2ccccc2)(c2ccccc2)c2ccccc2)C1. The number of hydrogen-bond donors (Lipinski definition) is 1. The Hall–Kier alpha value is -3.11. The van der Waals surface area contributed by atoms with Crippen molar-refractivity contribution < 1.29 is 9.53 Å². The van der Waals surface area contributed by atoms with Crippen molar-refractivity contribution in [2.75, 3.05) is 13.1 Å². The summed E-state index contributed by atoms with van der Waals surface area (Å²) in [6, 6.07) is 32.0. The second-order valence-corrected chi connectivity index (χ2v) is 10.1. The van der Waals surface area contributed by atoms with Gasteiger partial charge in [0.15, 0.2) is 0 Å². The highest BCUT2D eigenvalue weighted by Gasteiger charge is 2.39. The van der Waals surface area contributed by atoms with E-state index in [1.54, 1.807) is 0 Å². The molecule has 0 aliphatic carbocycles. The lowest BCUT2D eigenvalue weighted by molar-refractivity contribution is 0.0240. The highest BCUT2D eigenvalue weighted by molar-refractivity contribution is 5.68. The number of hydrogen-bond acceptors (Lipinski definition) is 3. The number of nitrogens with one attached hydrogen (secondary N) is 1. The minimum Gasteiger partial charge on any atom is -0.444 e. The molecule has 1 aliphatic rings. The minimum atomic E-state index is -0.543. The van der Waals surface area contributed by atoms with Gasteiger partial charge in [0.2, 0.25) is 0 Å². The summed E-state index contributed by atoms with van der Waals surface area (Å²) in [5.74, 6) is 0. The van der Waals surface area contributed by atoms with Gasteiger partial charge in [-0.2, -0.15) is 0 Å². The van der Waals surface area contributed by atoms with E-state index in [9.17, 15) is 4.79 Å². The van der Waals surface area contributed by atoms with Crippen LogP contribution in [0.5, 0.6) is 0 Å². The Morgan fingerprint density at radius 2 is 1.26 bits per heavy atom. The van der Waals surface area contributed by atoms with E-state index in [4.69, 9.17) is 4.74 Å². The molecule has 0 bridgehead atoms. The first-order chi connectivity index (χ1) is 16.4. The van der Waals surface area contributed by atoms with Crippen molar-refractivity contribution in [3.63, 3.8) is 0 Å². The van der Waals surface area contributed by atoms with Crippen LogP contribution in [0.4, 0.5) is 4.79 Å². The number of benzene rings is 3. The predicted molar refractivity (Wildman–Crippen MR) is 138 cm³/mol. The lowest BCUT2D eigenvalue weighted by atomic mass is 9.76. The topological polar surface area (TPSA) is 41.6 Å². The molecule has 0 spiro atoms. The maximum Gasteiger partial charge on any atom is 0.410 e. The van der Waals surface area contributed by atoms with E-state index >= 15 is 0 Å². The molecular formula is C30H36N2O2. The van der Waals surface area contributed by atoms with Gasteiger partial charge < -0.3 is 9.64 Å². The van der Waals surface area contributed by atoms with Gasteiger partial charge in [-0.05, 0) is 50.3 Å². The average molecular weight is 457 g/mol. The number of ether oxygens (including phenoxy) is 1. The zero-order valence-electron chi connectivity index (χ0n) is 20.5. The van der Waals surface area contributed by atoms with Crippen LogP contribution in [0, 0.1) is 0 Å². The zero-order valence-corrected chi connectivity index (χ0v) is 20.5. The number of nitrogens with zero attached hydrogens (tertiary/aromatic N) is 1. The second kappa shape index (κ2) is 10.4. The first kappa shape index (κ1) is 24.0. The van der Waals surface area contributed by atoms with E-state index < -0.39 is 11.1 Å². The van der Waals surface area contributed by atoms with Crippen molar-refractivity contribution in [3.05, 3.63) is 108 Å². The van der Waals surface area contributed by atoms with Crippen LogP contribution in [0.1, 0.15) is 56.7 Å². The summed E-state index contributed by atoms with van der Waals surface area (Å²) in [7, 11) is 0. The van der Waals surface area contributed by atoms with Gasteiger partial charge in [0.1, 0.15) is 5.60 Å². The van der Waals surface area contributed by atoms with Crippen molar-refractivity contribution in [2.45, 2.75) is 57.2 Å². The molecule has 4 heteroatoms. The lowest BCUT2D eigenvalue weighted by Gasteiger charge is -2.41. The third kappa shape index (κ3) is 5.51. The minimum absolute atomic E-state index is 0.107. The van der Waals surface area contributed by atoms with Crippen LogP contribution in [-0.4, -0.2) is 35.7 Å². The molecular weight excluding hydrogens is 420 g/mol. The molecule has 1 fully saturated rings. The molecule has 3 aromatic carbocycles.